The monoisotopic (exact) mass is 317 g/mol. The van der Waals surface area contributed by atoms with Crippen LogP contribution < -0.4 is 11.1 Å². The van der Waals surface area contributed by atoms with Gasteiger partial charge in [0.05, 0.1) is 11.9 Å². The molecular formula is C17H15N7. The molecule has 0 fully saturated rings. The van der Waals surface area contributed by atoms with Crippen LogP contribution in [0.25, 0.3) is 16.9 Å². The number of aromatic nitrogens is 5. The van der Waals surface area contributed by atoms with Gasteiger partial charge in [-0.2, -0.15) is 0 Å². The summed E-state index contributed by atoms with van der Waals surface area (Å²) in [7, 11) is 0. The third-order valence-electron chi connectivity index (χ3n) is 3.69. The first-order valence-electron chi connectivity index (χ1n) is 7.48. The van der Waals surface area contributed by atoms with E-state index in [1.54, 1.807) is 24.8 Å². The van der Waals surface area contributed by atoms with Gasteiger partial charge in [0.1, 0.15) is 5.65 Å². The van der Waals surface area contributed by atoms with Crippen LogP contribution in [0.3, 0.4) is 0 Å². The molecule has 3 N–H and O–H groups in total. The summed E-state index contributed by atoms with van der Waals surface area (Å²) in [6.45, 7) is 0.590. The Bertz CT molecular complexity index is 979. The van der Waals surface area contributed by atoms with Gasteiger partial charge in [0.15, 0.2) is 11.6 Å². The fourth-order valence-corrected chi connectivity index (χ4v) is 2.45. The highest BCUT2D eigenvalue weighted by molar-refractivity contribution is 5.64. The van der Waals surface area contributed by atoms with E-state index in [0.717, 1.165) is 22.5 Å². The third-order valence-corrected chi connectivity index (χ3v) is 3.69. The van der Waals surface area contributed by atoms with Gasteiger partial charge in [-0.05, 0) is 23.8 Å². The van der Waals surface area contributed by atoms with Crippen molar-refractivity contribution in [1.82, 2.24) is 24.3 Å². The predicted octanol–water partition coefficient (Wildman–Crippen LogP) is 2.38. The molecule has 0 radical (unpaired) electrons. The Morgan fingerprint density at radius 2 is 1.92 bits per heavy atom. The number of nitrogens with one attached hydrogen (secondary N) is 1. The van der Waals surface area contributed by atoms with E-state index in [2.05, 4.69) is 25.3 Å². The molecule has 0 spiro atoms. The van der Waals surface area contributed by atoms with Gasteiger partial charge in [-0.3, -0.25) is 4.98 Å². The number of rotatable bonds is 4. The normalized spacial score (nSPS) is 10.8. The quantitative estimate of drug-likeness (QED) is 0.600. The van der Waals surface area contributed by atoms with Gasteiger partial charge in [-0.25, -0.2) is 15.0 Å². The van der Waals surface area contributed by atoms with E-state index >= 15 is 0 Å². The Balaban J connectivity index is 1.57. The molecule has 0 unspecified atom stereocenters. The fourth-order valence-electron chi connectivity index (χ4n) is 2.45. The molecule has 0 saturated heterocycles. The van der Waals surface area contributed by atoms with Crippen molar-refractivity contribution in [2.24, 2.45) is 0 Å². The fraction of sp³-hybridized carbons (Fsp3) is 0.0588. The maximum absolute atomic E-state index is 5.94. The summed E-state index contributed by atoms with van der Waals surface area (Å²) < 4.78 is 1.97. The lowest BCUT2D eigenvalue weighted by Gasteiger charge is -2.10. The van der Waals surface area contributed by atoms with Gasteiger partial charge in [-0.1, -0.05) is 6.07 Å². The van der Waals surface area contributed by atoms with E-state index in [1.165, 1.54) is 0 Å². The summed E-state index contributed by atoms with van der Waals surface area (Å²) in [6.07, 6.45) is 10.8. The summed E-state index contributed by atoms with van der Waals surface area (Å²) in [5.74, 6) is 0.937. The molecule has 0 aliphatic heterocycles. The summed E-state index contributed by atoms with van der Waals surface area (Å²) in [6, 6.07) is 7.76. The average Bonchev–Trinajstić information content (AvgIpc) is 3.09. The zero-order valence-electron chi connectivity index (χ0n) is 12.8. The van der Waals surface area contributed by atoms with E-state index in [0.29, 0.717) is 18.2 Å². The highest BCUT2D eigenvalue weighted by atomic mass is 15.1. The van der Waals surface area contributed by atoms with Crippen LogP contribution in [0.5, 0.6) is 0 Å². The molecule has 0 aromatic carbocycles. The Hall–Kier alpha value is -3.48. The van der Waals surface area contributed by atoms with E-state index in [4.69, 9.17) is 5.73 Å². The zero-order chi connectivity index (χ0) is 16.4. The second-order valence-corrected chi connectivity index (χ2v) is 5.31. The van der Waals surface area contributed by atoms with Crippen LogP contribution in [-0.4, -0.2) is 24.3 Å². The van der Waals surface area contributed by atoms with Crippen molar-refractivity contribution < 1.29 is 0 Å². The number of nitrogen functional groups attached to an aromatic ring is 1. The molecule has 0 amide bonds. The lowest BCUT2D eigenvalue weighted by Crippen LogP contribution is -2.07. The molecular weight excluding hydrogens is 302 g/mol. The van der Waals surface area contributed by atoms with Crippen LogP contribution in [0.15, 0.2) is 61.4 Å². The summed E-state index contributed by atoms with van der Waals surface area (Å²) in [5.41, 5.74) is 9.64. The molecule has 4 aromatic rings. The number of fused-ring (bicyclic) bond motifs is 1. The molecule has 118 valence electrons. The SMILES string of the molecule is Nc1ncc(-c2ccncc2)nc1NCc1ccc2nccn2c1. The van der Waals surface area contributed by atoms with E-state index < -0.39 is 0 Å². The van der Waals surface area contributed by atoms with Crippen molar-refractivity contribution in [3.05, 3.63) is 67.0 Å². The van der Waals surface area contributed by atoms with E-state index in [-0.39, 0.29) is 0 Å². The van der Waals surface area contributed by atoms with Crippen molar-refractivity contribution in [2.75, 3.05) is 11.1 Å². The first-order valence-corrected chi connectivity index (χ1v) is 7.48. The lowest BCUT2D eigenvalue weighted by molar-refractivity contribution is 1.05. The molecule has 7 heteroatoms. The van der Waals surface area contributed by atoms with Crippen molar-refractivity contribution >= 4 is 17.3 Å². The highest BCUT2D eigenvalue weighted by Crippen LogP contribution is 2.21. The van der Waals surface area contributed by atoms with Crippen LogP contribution in [0, 0.1) is 0 Å². The molecule has 0 aliphatic carbocycles. The number of imidazole rings is 1. The Labute approximate surface area is 138 Å². The first-order chi connectivity index (χ1) is 11.8. The predicted molar refractivity (Wildman–Crippen MR) is 92.2 cm³/mol. The number of anilines is 2. The molecule has 0 bridgehead atoms. The number of hydrogen-bond acceptors (Lipinski definition) is 6. The molecule has 4 aromatic heterocycles. The van der Waals surface area contributed by atoms with Gasteiger partial charge in [-0.15, -0.1) is 0 Å². The second-order valence-electron chi connectivity index (χ2n) is 5.31. The van der Waals surface area contributed by atoms with Crippen molar-refractivity contribution in [1.29, 1.82) is 0 Å². The smallest absolute Gasteiger partial charge is 0.169 e. The van der Waals surface area contributed by atoms with Crippen molar-refractivity contribution in [3.8, 4) is 11.3 Å². The Morgan fingerprint density at radius 1 is 1.04 bits per heavy atom. The largest absolute Gasteiger partial charge is 0.381 e. The summed E-state index contributed by atoms with van der Waals surface area (Å²) >= 11 is 0. The van der Waals surface area contributed by atoms with Crippen LogP contribution in [0.2, 0.25) is 0 Å². The first kappa shape index (κ1) is 14.1. The maximum atomic E-state index is 5.94. The highest BCUT2D eigenvalue weighted by Gasteiger charge is 2.07. The molecule has 0 aliphatic rings. The summed E-state index contributed by atoms with van der Waals surface area (Å²) in [4.78, 5) is 17.0. The summed E-state index contributed by atoms with van der Waals surface area (Å²) in [5, 5.41) is 3.25. The Kier molecular flexibility index (Phi) is 3.51. The van der Waals surface area contributed by atoms with Gasteiger partial charge in [0.25, 0.3) is 0 Å². The van der Waals surface area contributed by atoms with Gasteiger partial charge in [0, 0.05) is 43.1 Å². The van der Waals surface area contributed by atoms with Crippen LogP contribution in [-0.2, 0) is 6.54 Å². The lowest BCUT2D eigenvalue weighted by atomic mass is 10.2. The van der Waals surface area contributed by atoms with Crippen molar-refractivity contribution in [3.63, 3.8) is 0 Å². The molecule has 4 heterocycles. The van der Waals surface area contributed by atoms with Crippen LogP contribution >= 0.6 is 0 Å². The number of nitrogens with zero attached hydrogens (tertiary/aromatic N) is 5. The minimum Gasteiger partial charge on any atom is -0.381 e. The van der Waals surface area contributed by atoms with Gasteiger partial charge in [0.2, 0.25) is 0 Å². The zero-order valence-corrected chi connectivity index (χ0v) is 12.8. The molecule has 0 atom stereocenters. The average molecular weight is 317 g/mol. The Morgan fingerprint density at radius 3 is 2.79 bits per heavy atom. The van der Waals surface area contributed by atoms with Gasteiger partial charge >= 0.3 is 0 Å². The minimum absolute atomic E-state index is 0.372. The van der Waals surface area contributed by atoms with E-state index in [1.807, 2.05) is 41.1 Å². The van der Waals surface area contributed by atoms with Gasteiger partial charge < -0.3 is 15.5 Å². The van der Waals surface area contributed by atoms with Crippen molar-refractivity contribution in [2.45, 2.75) is 6.54 Å². The van der Waals surface area contributed by atoms with E-state index in [9.17, 15) is 0 Å². The third kappa shape index (κ3) is 2.74. The number of hydrogen-bond donors (Lipinski definition) is 2. The molecule has 7 nitrogen and oxygen atoms in total. The second kappa shape index (κ2) is 5.96. The molecule has 24 heavy (non-hydrogen) atoms. The standard InChI is InChI=1S/C17H15N7/c18-16-17(23-14(10-21-16)13-3-5-19-6-4-13)22-9-12-1-2-15-20-7-8-24(15)11-12/h1-8,10-11H,9H2,(H2,18,21)(H,22,23). The molecule has 4 rings (SSSR count). The van der Waals surface area contributed by atoms with Crippen LogP contribution in [0.4, 0.5) is 11.6 Å². The number of pyridine rings is 2. The topological polar surface area (TPSA) is 94.0 Å². The maximum Gasteiger partial charge on any atom is 0.169 e. The number of nitrogens with two attached hydrogens (primary N) is 1. The van der Waals surface area contributed by atoms with Crippen LogP contribution in [0.1, 0.15) is 5.56 Å². The minimum atomic E-state index is 0.372. The molecule has 0 saturated carbocycles.